The first-order chi connectivity index (χ1) is 16.3. The molecule has 196 valence electrons. The van der Waals surface area contributed by atoms with E-state index in [1.165, 1.54) is 108 Å². The first-order valence-corrected chi connectivity index (χ1v) is 18.1. The van der Waals surface area contributed by atoms with Crippen LogP contribution in [0, 0.1) is 34.5 Å². The van der Waals surface area contributed by atoms with Gasteiger partial charge in [-0.3, -0.25) is 4.79 Å². The highest BCUT2D eigenvalue weighted by Gasteiger charge is 2.60. The van der Waals surface area contributed by atoms with Gasteiger partial charge in [0.15, 0.2) is 8.32 Å². The number of unbranched alkanes of at least 4 members (excludes halogenated alkanes) is 3. The van der Waals surface area contributed by atoms with Crippen LogP contribution in [-0.4, -0.2) is 20.2 Å². The molecule has 0 aliphatic heterocycles. The summed E-state index contributed by atoms with van der Waals surface area (Å²) in [6.07, 6.45) is 19.9. The third kappa shape index (κ3) is 5.00. The summed E-state index contributed by atoms with van der Waals surface area (Å²) < 4.78 is 7.41. The molecule has 0 aromatic rings. The highest BCUT2D eigenvalue weighted by atomic mass is 28.4. The van der Waals surface area contributed by atoms with E-state index in [0.717, 1.165) is 24.2 Å². The molecule has 34 heavy (non-hydrogen) atoms. The zero-order valence-electron chi connectivity index (χ0n) is 23.4. The number of carbonyl (C=O) groups is 1. The predicted molar refractivity (Wildman–Crippen MR) is 147 cm³/mol. The van der Waals surface area contributed by atoms with E-state index in [4.69, 9.17) is 4.43 Å². The van der Waals surface area contributed by atoms with E-state index in [-0.39, 0.29) is 5.41 Å². The summed E-state index contributed by atoms with van der Waals surface area (Å²) in [5, 5.41) is 0. The Labute approximate surface area is 212 Å². The van der Waals surface area contributed by atoms with Crippen molar-refractivity contribution in [3.8, 4) is 0 Å². The zero-order valence-corrected chi connectivity index (χ0v) is 24.4. The summed E-state index contributed by atoms with van der Waals surface area (Å²) in [6, 6.07) is 4.21. The van der Waals surface area contributed by atoms with Gasteiger partial charge < -0.3 is 4.43 Å². The Morgan fingerprint density at radius 2 is 1.47 bits per heavy atom. The summed E-state index contributed by atoms with van der Waals surface area (Å²) in [5.41, 5.74) is 0.518. The number of ketones is 1. The Balaban J connectivity index is 1.45. The van der Waals surface area contributed by atoms with E-state index in [9.17, 15) is 4.79 Å². The number of carbonyl (C=O) groups excluding carboxylic acids is 1. The highest BCUT2D eigenvalue weighted by molar-refractivity contribution is 6.73. The van der Waals surface area contributed by atoms with Crippen LogP contribution in [0.2, 0.25) is 18.1 Å². The number of hydrogen-bond donors (Lipinski definition) is 0. The van der Waals surface area contributed by atoms with Gasteiger partial charge in [-0.2, -0.15) is 0 Å². The largest absolute Gasteiger partial charge is 0.414 e. The van der Waals surface area contributed by atoms with Crippen molar-refractivity contribution in [2.75, 3.05) is 0 Å². The first-order valence-electron chi connectivity index (χ1n) is 15.5. The van der Waals surface area contributed by atoms with Gasteiger partial charge in [0.25, 0.3) is 0 Å². The van der Waals surface area contributed by atoms with Gasteiger partial charge in [-0.1, -0.05) is 73.1 Å². The summed E-state index contributed by atoms with van der Waals surface area (Å²) in [6.45, 7) is 12.1. The van der Waals surface area contributed by atoms with Crippen LogP contribution in [-0.2, 0) is 9.22 Å². The lowest BCUT2D eigenvalue weighted by Gasteiger charge is -2.60. The molecule has 0 heterocycles. The molecule has 4 fully saturated rings. The van der Waals surface area contributed by atoms with Crippen molar-refractivity contribution in [1.29, 1.82) is 0 Å². The predicted octanol–water partition coefficient (Wildman–Crippen LogP) is 9.33. The van der Waals surface area contributed by atoms with Crippen LogP contribution in [0.25, 0.3) is 0 Å². The molecule has 0 amide bonds. The van der Waals surface area contributed by atoms with Crippen LogP contribution < -0.4 is 0 Å². The van der Waals surface area contributed by atoms with Gasteiger partial charge in [0.1, 0.15) is 5.78 Å². The van der Waals surface area contributed by atoms with Crippen molar-refractivity contribution in [1.82, 2.24) is 0 Å². The van der Waals surface area contributed by atoms with Crippen LogP contribution in [0.1, 0.15) is 131 Å². The molecule has 0 unspecified atom stereocenters. The fourth-order valence-electron chi connectivity index (χ4n) is 9.50. The Morgan fingerprint density at radius 1 is 0.824 bits per heavy atom. The Morgan fingerprint density at radius 3 is 2.09 bits per heavy atom. The summed E-state index contributed by atoms with van der Waals surface area (Å²) in [5.74, 6) is 3.80. The molecule has 0 bridgehead atoms. The summed E-state index contributed by atoms with van der Waals surface area (Å²) in [4.78, 5) is 12.8. The van der Waals surface area contributed by atoms with E-state index < -0.39 is 8.32 Å². The smallest absolute Gasteiger partial charge is 0.193 e. The maximum absolute atomic E-state index is 12.8. The van der Waals surface area contributed by atoms with Crippen LogP contribution >= 0.6 is 0 Å². The molecule has 4 aliphatic rings. The normalized spacial score (nSPS) is 40.0. The molecule has 4 rings (SSSR count). The third-order valence-corrected chi connectivity index (χ3v) is 16.3. The van der Waals surface area contributed by atoms with Gasteiger partial charge in [-0.15, -0.1) is 0 Å². The number of fused-ring (bicyclic) bond motifs is 5. The molecule has 0 aromatic carbocycles. The summed E-state index contributed by atoms with van der Waals surface area (Å²) >= 11 is 0. The van der Waals surface area contributed by atoms with Gasteiger partial charge in [0, 0.05) is 17.9 Å². The van der Waals surface area contributed by atoms with E-state index in [0.29, 0.717) is 23.2 Å². The molecule has 4 aliphatic carbocycles. The third-order valence-electron chi connectivity index (χ3n) is 11.7. The number of Topliss-reactive ketones (excluding diaryl/α,β-unsaturated/α-hetero) is 1. The molecule has 0 saturated heterocycles. The first kappa shape index (κ1) is 26.9. The maximum atomic E-state index is 12.8. The Hall–Kier alpha value is -0.153. The van der Waals surface area contributed by atoms with Crippen LogP contribution in [0.5, 0.6) is 0 Å². The standard InChI is InChI=1S/C31H56O2Si/c1-6-9-20-34(21-10-7-2,22-11-8-3)33-25-16-18-30(4)24(23-25)12-13-26-27-14-15-29(32)31(27,5)19-17-28(26)30/h24-28H,6-23H2,1-5H3/t24-,25+,26+,27+,28+,30+,31+/m1/s1. The summed E-state index contributed by atoms with van der Waals surface area (Å²) in [7, 11) is -1.63. The quantitative estimate of drug-likeness (QED) is 0.271. The van der Waals surface area contributed by atoms with Crippen molar-refractivity contribution >= 4 is 14.1 Å². The van der Waals surface area contributed by atoms with Crippen molar-refractivity contribution < 1.29 is 9.22 Å². The van der Waals surface area contributed by atoms with Gasteiger partial charge in [-0.25, -0.2) is 0 Å². The minimum atomic E-state index is -1.63. The molecule has 0 N–H and O–H groups in total. The average molecular weight is 489 g/mol. The van der Waals surface area contributed by atoms with E-state index in [1.807, 2.05) is 0 Å². The molecule has 0 aromatic heterocycles. The van der Waals surface area contributed by atoms with Gasteiger partial charge >= 0.3 is 0 Å². The molecule has 2 nitrogen and oxygen atoms in total. The molecule has 7 atom stereocenters. The molecule has 0 radical (unpaired) electrons. The maximum Gasteiger partial charge on any atom is 0.193 e. The van der Waals surface area contributed by atoms with Crippen molar-refractivity contribution in [3.05, 3.63) is 0 Å². The fourth-order valence-corrected chi connectivity index (χ4v) is 14.5. The van der Waals surface area contributed by atoms with Crippen molar-refractivity contribution in [2.24, 2.45) is 34.5 Å². The Kier molecular flexibility index (Phi) is 8.76. The van der Waals surface area contributed by atoms with Crippen LogP contribution in [0.4, 0.5) is 0 Å². The van der Waals surface area contributed by atoms with E-state index in [2.05, 4.69) is 34.6 Å². The fraction of sp³-hybridized carbons (Fsp3) is 0.968. The van der Waals surface area contributed by atoms with Crippen molar-refractivity contribution in [3.63, 3.8) is 0 Å². The van der Waals surface area contributed by atoms with Gasteiger partial charge in [0.2, 0.25) is 0 Å². The van der Waals surface area contributed by atoms with E-state index >= 15 is 0 Å². The minimum Gasteiger partial charge on any atom is -0.414 e. The van der Waals surface area contributed by atoms with Crippen LogP contribution in [0.15, 0.2) is 0 Å². The molecule has 4 saturated carbocycles. The van der Waals surface area contributed by atoms with Crippen molar-refractivity contribution in [2.45, 2.75) is 155 Å². The molecule has 3 heteroatoms. The lowest BCUT2D eigenvalue weighted by atomic mass is 9.45. The second kappa shape index (κ2) is 11.1. The topological polar surface area (TPSA) is 26.3 Å². The second-order valence-electron chi connectivity index (χ2n) is 13.6. The number of rotatable bonds is 11. The average Bonchev–Trinajstić information content (AvgIpc) is 3.14. The molecular weight excluding hydrogens is 432 g/mol. The number of hydrogen-bond acceptors (Lipinski definition) is 2. The van der Waals surface area contributed by atoms with E-state index in [1.54, 1.807) is 0 Å². The van der Waals surface area contributed by atoms with Gasteiger partial charge in [-0.05, 0) is 98.6 Å². The van der Waals surface area contributed by atoms with Gasteiger partial charge in [0.05, 0.1) is 0 Å². The lowest BCUT2D eigenvalue weighted by molar-refractivity contribution is -0.141. The monoisotopic (exact) mass is 488 g/mol. The Bertz CT molecular complexity index is 669. The van der Waals surface area contributed by atoms with Crippen LogP contribution in [0.3, 0.4) is 0 Å². The molecular formula is C31H56O2Si. The molecule has 0 spiro atoms. The second-order valence-corrected chi connectivity index (χ2v) is 17.7. The lowest BCUT2D eigenvalue weighted by Crippen LogP contribution is -2.55. The SMILES string of the molecule is CCCC[Si](CCCC)(CCCC)O[C@H]1CC[C@@]2(C)[C@H](CC[C@@H]3[C@@H]2CC[C@]2(C)C(=O)CC[C@@H]32)C1. The minimum absolute atomic E-state index is 0.0215. The zero-order chi connectivity index (χ0) is 24.4. The highest BCUT2D eigenvalue weighted by Crippen LogP contribution is 2.65.